The van der Waals surface area contributed by atoms with Crippen LogP contribution in [0.1, 0.15) is 50.4 Å². The average Bonchev–Trinajstić information content (AvgIpc) is 2.99. The molecule has 0 bridgehead atoms. The maximum atomic E-state index is 12.1. The van der Waals surface area contributed by atoms with E-state index in [1.807, 2.05) is 6.92 Å². The standard InChI is InChI=1S/C17H22N4O2S/c1-11(2)5-4-6-12(3)9-16(22)18-19-17(23)13-7-8-14-15(10-13)21-24-20-14/h5,7-8,10,12H,4,6,9H2,1-3H3,(H,18,22)(H,19,23). The lowest BCUT2D eigenvalue weighted by molar-refractivity contribution is -0.122. The predicted octanol–water partition coefficient (Wildman–Crippen LogP) is 3.22. The third-order valence-electron chi connectivity index (χ3n) is 3.58. The predicted molar refractivity (Wildman–Crippen MR) is 95.5 cm³/mol. The van der Waals surface area contributed by atoms with Crippen molar-refractivity contribution in [2.75, 3.05) is 0 Å². The minimum atomic E-state index is -0.365. The van der Waals surface area contributed by atoms with E-state index in [2.05, 4.69) is 39.5 Å². The van der Waals surface area contributed by atoms with Crippen molar-refractivity contribution in [2.24, 2.45) is 5.92 Å². The molecule has 7 heteroatoms. The van der Waals surface area contributed by atoms with Crippen molar-refractivity contribution in [1.82, 2.24) is 19.6 Å². The number of hydrogen-bond donors (Lipinski definition) is 2. The van der Waals surface area contributed by atoms with Gasteiger partial charge in [0.15, 0.2) is 0 Å². The third-order valence-corrected chi connectivity index (χ3v) is 4.13. The first-order valence-electron chi connectivity index (χ1n) is 7.90. The molecular weight excluding hydrogens is 324 g/mol. The maximum absolute atomic E-state index is 12.1. The second kappa shape index (κ2) is 8.54. The van der Waals surface area contributed by atoms with Crippen LogP contribution in [-0.4, -0.2) is 20.6 Å². The van der Waals surface area contributed by atoms with E-state index in [9.17, 15) is 9.59 Å². The van der Waals surface area contributed by atoms with Crippen LogP contribution in [0.15, 0.2) is 29.8 Å². The van der Waals surface area contributed by atoms with Crippen LogP contribution < -0.4 is 10.9 Å². The zero-order valence-electron chi connectivity index (χ0n) is 14.1. The Morgan fingerprint density at radius 1 is 1.21 bits per heavy atom. The highest BCUT2D eigenvalue weighted by atomic mass is 32.1. The van der Waals surface area contributed by atoms with Gasteiger partial charge >= 0.3 is 0 Å². The van der Waals surface area contributed by atoms with Crippen LogP contribution in [0.5, 0.6) is 0 Å². The first-order chi connectivity index (χ1) is 11.5. The average molecular weight is 346 g/mol. The highest BCUT2D eigenvalue weighted by Gasteiger charge is 2.11. The minimum absolute atomic E-state index is 0.190. The highest BCUT2D eigenvalue weighted by molar-refractivity contribution is 7.00. The SMILES string of the molecule is CC(C)=CCCC(C)CC(=O)NNC(=O)c1ccc2nsnc2c1. The van der Waals surface area contributed by atoms with Gasteiger partial charge in [0.05, 0.1) is 11.7 Å². The van der Waals surface area contributed by atoms with Crippen molar-refractivity contribution >= 4 is 34.6 Å². The van der Waals surface area contributed by atoms with Gasteiger partial charge in [-0.3, -0.25) is 20.4 Å². The molecule has 0 aliphatic rings. The summed E-state index contributed by atoms with van der Waals surface area (Å²) >= 11 is 1.10. The summed E-state index contributed by atoms with van der Waals surface area (Å²) in [5.41, 5.74) is 8.05. The molecule has 2 rings (SSSR count). The number of aromatic nitrogens is 2. The fourth-order valence-corrected chi connectivity index (χ4v) is 2.77. The number of nitrogens with zero attached hydrogens (tertiary/aromatic N) is 2. The van der Waals surface area contributed by atoms with Gasteiger partial charge in [0, 0.05) is 12.0 Å². The minimum Gasteiger partial charge on any atom is -0.273 e. The topological polar surface area (TPSA) is 84.0 Å². The van der Waals surface area contributed by atoms with Gasteiger partial charge in [0.2, 0.25) is 5.91 Å². The van der Waals surface area contributed by atoms with Crippen molar-refractivity contribution < 1.29 is 9.59 Å². The lowest BCUT2D eigenvalue weighted by Crippen LogP contribution is -2.42. The van der Waals surface area contributed by atoms with Crippen molar-refractivity contribution in [2.45, 2.75) is 40.0 Å². The molecule has 128 valence electrons. The van der Waals surface area contributed by atoms with Crippen LogP contribution in [0, 0.1) is 5.92 Å². The lowest BCUT2D eigenvalue weighted by atomic mass is 10.0. The van der Waals surface area contributed by atoms with Crippen molar-refractivity contribution in [3.8, 4) is 0 Å². The van der Waals surface area contributed by atoms with Crippen molar-refractivity contribution in [3.05, 3.63) is 35.4 Å². The van der Waals surface area contributed by atoms with E-state index in [1.165, 1.54) is 5.57 Å². The summed E-state index contributed by atoms with van der Waals surface area (Å²) in [5.74, 6) is -0.296. The number of fused-ring (bicyclic) bond motifs is 1. The van der Waals surface area contributed by atoms with Gasteiger partial charge in [-0.15, -0.1) is 0 Å². The molecule has 2 aromatic rings. The van der Waals surface area contributed by atoms with Gasteiger partial charge in [-0.2, -0.15) is 8.75 Å². The molecule has 0 fully saturated rings. The third kappa shape index (κ3) is 5.42. The van der Waals surface area contributed by atoms with Crippen molar-refractivity contribution in [1.29, 1.82) is 0 Å². The number of carbonyl (C=O) groups excluding carboxylic acids is 2. The summed E-state index contributed by atoms with van der Waals surface area (Å²) in [6.45, 7) is 6.15. The Hall–Kier alpha value is -2.28. The number of allylic oxidation sites excluding steroid dienone is 2. The Labute approximate surface area is 145 Å². The lowest BCUT2D eigenvalue weighted by Gasteiger charge is -2.11. The van der Waals surface area contributed by atoms with E-state index in [-0.39, 0.29) is 17.7 Å². The van der Waals surface area contributed by atoms with Gasteiger partial charge in [0.25, 0.3) is 5.91 Å². The van der Waals surface area contributed by atoms with Gasteiger partial charge in [-0.1, -0.05) is 18.6 Å². The number of hydrazine groups is 1. The first-order valence-corrected chi connectivity index (χ1v) is 8.63. The molecule has 1 heterocycles. The monoisotopic (exact) mass is 346 g/mol. The molecular formula is C17H22N4O2S. The van der Waals surface area contributed by atoms with E-state index < -0.39 is 0 Å². The fraction of sp³-hybridized carbons (Fsp3) is 0.412. The molecule has 0 saturated carbocycles. The van der Waals surface area contributed by atoms with Crippen LogP contribution in [0.2, 0.25) is 0 Å². The second-order valence-electron chi connectivity index (χ2n) is 6.14. The second-order valence-corrected chi connectivity index (χ2v) is 6.67. The van der Waals surface area contributed by atoms with E-state index in [0.29, 0.717) is 17.5 Å². The summed E-state index contributed by atoms with van der Waals surface area (Å²) in [6.07, 6.45) is 4.45. The smallest absolute Gasteiger partial charge is 0.269 e. The largest absolute Gasteiger partial charge is 0.273 e. The quantitative estimate of drug-likeness (QED) is 0.621. The van der Waals surface area contributed by atoms with Gasteiger partial charge < -0.3 is 0 Å². The summed E-state index contributed by atoms with van der Waals surface area (Å²) in [4.78, 5) is 24.0. The zero-order valence-corrected chi connectivity index (χ0v) is 14.9. The molecule has 6 nitrogen and oxygen atoms in total. The zero-order chi connectivity index (χ0) is 17.5. The van der Waals surface area contributed by atoms with E-state index in [0.717, 1.165) is 30.1 Å². The molecule has 2 amide bonds. The fourth-order valence-electron chi connectivity index (χ4n) is 2.25. The van der Waals surface area contributed by atoms with Gasteiger partial charge in [-0.05, 0) is 50.8 Å². The van der Waals surface area contributed by atoms with E-state index >= 15 is 0 Å². The Kier molecular flexibility index (Phi) is 6.43. The Morgan fingerprint density at radius 2 is 1.96 bits per heavy atom. The van der Waals surface area contributed by atoms with Crippen LogP contribution in [-0.2, 0) is 4.79 Å². The van der Waals surface area contributed by atoms with Crippen LogP contribution in [0.4, 0.5) is 0 Å². The van der Waals surface area contributed by atoms with Gasteiger partial charge in [-0.25, -0.2) is 0 Å². The van der Waals surface area contributed by atoms with E-state index in [1.54, 1.807) is 18.2 Å². The van der Waals surface area contributed by atoms with Gasteiger partial charge in [0.1, 0.15) is 11.0 Å². The number of benzene rings is 1. The van der Waals surface area contributed by atoms with Crippen molar-refractivity contribution in [3.63, 3.8) is 0 Å². The number of hydrogen-bond acceptors (Lipinski definition) is 5. The molecule has 24 heavy (non-hydrogen) atoms. The molecule has 1 aromatic carbocycles. The molecule has 1 unspecified atom stereocenters. The van der Waals surface area contributed by atoms with E-state index in [4.69, 9.17) is 0 Å². The van der Waals surface area contributed by atoms with Crippen LogP contribution >= 0.6 is 11.7 Å². The summed E-state index contributed by atoms with van der Waals surface area (Å²) in [7, 11) is 0. The highest BCUT2D eigenvalue weighted by Crippen LogP contribution is 2.13. The summed E-state index contributed by atoms with van der Waals surface area (Å²) in [6, 6.07) is 5.05. The van der Waals surface area contributed by atoms with Crippen LogP contribution in [0.25, 0.3) is 11.0 Å². The normalized spacial score (nSPS) is 11.8. The number of amides is 2. The molecule has 0 spiro atoms. The van der Waals surface area contributed by atoms with Crippen LogP contribution in [0.3, 0.4) is 0 Å². The molecule has 1 aromatic heterocycles. The maximum Gasteiger partial charge on any atom is 0.269 e. The molecule has 0 aliphatic carbocycles. The molecule has 0 aliphatic heterocycles. The summed E-state index contributed by atoms with van der Waals surface area (Å²) in [5, 5.41) is 0. The Bertz CT molecular complexity index is 750. The Morgan fingerprint density at radius 3 is 2.71 bits per heavy atom. The first kappa shape index (κ1) is 18.1. The number of rotatable bonds is 6. The molecule has 0 saturated heterocycles. The molecule has 1 atom stereocenters. The number of carbonyl (C=O) groups is 2. The molecule has 2 N–H and O–H groups in total. The molecule has 0 radical (unpaired) electrons. The summed E-state index contributed by atoms with van der Waals surface area (Å²) < 4.78 is 8.18. The Balaban J connectivity index is 1.78. The number of nitrogens with one attached hydrogen (secondary N) is 2.